The highest BCUT2D eigenvalue weighted by Gasteiger charge is 2.10. The van der Waals surface area contributed by atoms with Crippen LogP contribution in [0.1, 0.15) is 21.6 Å². The fraction of sp³-hybridized carbons (Fsp3) is 0. The van der Waals surface area contributed by atoms with Crippen LogP contribution in [0.25, 0.3) is 0 Å². The molecule has 0 spiro atoms. The zero-order chi connectivity index (χ0) is 16.1. The number of hydrazone groups is 1. The van der Waals surface area contributed by atoms with E-state index in [4.69, 9.17) is 0 Å². The van der Waals surface area contributed by atoms with Gasteiger partial charge in [0.25, 0.3) is 5.91 Å². The number of carbonyl (C=O) groups is 1. The topological polar surface area (TPSA) is 57.2 Å². The second-order valence-corrected chi connectivity index (χ2v) is 5.78. The van der Waals surface area contributed by atoms with Gasteiger partial charge in [-0.15, -0.1) is 0 Å². The Labute approximate surface area is 142 Å². The van der Waals surface area contributed by atoms with E-state index in [1.807, 2.05) is 60.7 Å². The molecule has 0 saturated carbocycles. The van der Waals surface area contributed by atoms with E-state index < -0.39 is 0 Å². The lowest BCUT2D eigenvalue weighted by Gasteiger charge is -2.07. The summed E-state index contributed by atoms with van der Waals surface area (Å²) in [6.45, 7) is 0. The number of rotatable bonds is 4. The minimum atomic E-state index is -0.292. The van der Waals surface area contributed by atoms with Crippen LogP contribution in [0.5, 0.6) is 0 Å². The maximum absolute atomic E-state index is 12.2. The van der Waals surface area contributed by atoms with Crippen LogP contribution in [0.4, 0.5) is 0 Å². The Balaban J connectivity index is 1.91. The van der Waals surface area contributed by atoms with Crippen LogP contribution in [0.2, 0.25) is 0 Å². The average molecular weight is 368 g/mol. The third-order valence-corrected chi connectivity index (χ3v) is 3.71. The number of halogens is 1. The fourth-order valence-corrected chi connectivity index (χ4v) is 2.50. The quantitative estimate of drug-likeness (QED) is 0.532. The SMILES string of the molecule is O=C(NN=C(c1ccccc1)c1ccccc1)c1cc(Br)c[nH]1. The molecule has 1 aromatic heterocycles. The first-order valence-electron chi connectivity index (χ1n) is 7.07. The van der Waals surface area contributed by atoms with Gasteiger partial charge in [-0.1, -0.05) is 60.7 Å². The first kappa shape index (κ1) is 15.2. The number of nitrogens with zero attached hydrogens (tertiary/aromatic N) is 1. The van der Waals surface area contributed by atoms with Crippen molar-refractivity contribution in [2.45, 2.75) is 0 Å². The van der Waals surface area contributed by atoms with Gasteiger partial charge in [0.1, 0.15) is 5.69 Å². The van der Waals surface area contributed by atoms with Gasteiger partial charge >= 0.3 is 0 Å². The smallest absolute Gasteiger partial charge is 0.287 e. The van der Waals surface area contributed by atoms with Crippen molar-refractivity contribution in [2.24, 2.45) is 5.10 Å². The molecule has 1 heterocycles. The zero-order valence-electron chi connectivity index (χ0n) is 12.2. The van der Waals surface area contributed by atoms with Gasteiger partial charge in [-0.3, -0.25) is 4.79 Å². The summed E-state index contributed by atoms with van der Waals surface area (Å²) in [6, 6.07) is 21.2. The van der Waals surface area contributed by atoms with Crippen LogP contribution in [0.3, 0.4) is 0 Å². The summed E-state index contributed by atoms with van der Waals surface area (Å²) in [6.07, 6.45) is 1.70. The molecule has 0 aliphatic heterocycles. The predicted molar refractivity (Wildman–Crippen MR) is 94.5 cm³/mol. The van der Waals surface area contributed by atoms with Crippen molar-refractivity contribution in [1.82, 2.24) is 10.4 Å². The van der Waals surface area contributed by atoms with Crippen molar-refractivity contribution in [2.75, 3.05) is 0 Å². The summed E-state index contributed by atoms with van der Waals surface area (Å²) in [5.41, 5.74) is 5.64. The molecule has 5 heteroatoms. The van der Waals surface area contributed by atoms with Crippen molar-refractivity contribution >= 4 is 27.5 Å². The van der Waals surface area contributed by atoms with Crippen LogP contribution in [0, 0.1) is 0 Å². The minimum absolute atomic E-state index is 0.292. The third kappa shape index (κ3) is 3.76. The number of H-pyrrole nitrogens is 1. The second kappa shape index (κ2) is 7.07. The molecule has 1 amide bonds. The van der Waals surface area contributed by atoms with Gasteiger partial charge in [-0.25, -0.2) is 5.43 Å². The normalized spacial score (nSPS) is 10.1. The standard InChI is InChI=1S/C18H14BrN3O/c19-15-11-16(20-12-15)18(23)22-21-17(13-7-3-1-4-8-13)14-9-5-2-6-10-14/h1-12,20H,(H,22,23). The molecule has 0 fully saturated rings. The largest absolute Gasteiger partial charge is 0.356 e. The molecule has 0 aliphatic carbocycles. The van der Waals surface area contributed by atoms with E-state index in [0.29, 0.717) is 11.4 Å². The van der Waals surface area contributed by atoms with Gasteiger partial charge in [0.2, 0.25) is 0 Å². The number of hydrogen-bond donors (Lipinski definition) is 2. The highest BCUT2D eigenvalue weighted by Crippen LogP contribution is 2.12. The lowest BCUT2D eigenvalue weighted by atomic mass is 10.0. The number of hydrogen-bond acceptors (Lipinski definition) is 2. The monoisotopic (exact) mass is 367 g/mol. The lowest BCUT2D eigenvalue weighted by Crippen LogP contribution is -2.20. The van der Waals surface area contributed by atoms with Crippen LogP contribution < -0.4 is 5.43 Å². The molecular formula is C18H14BrN3O. The predicted octanol–water partition coefficient (Wildman–Crippen LogP) is 3.96. The molecule has 114 valence electrons. The lowest BCUT2D eigenvalue weighted by molar-refractivity contribution is 0.0950. The molecule has 4 nitrogen and oxygen atoms in total. The van der Waals surface area contributed by atoms with Crippen molar-refractivity contribution < 1.29 is 4.79 Å². The van der Waals surface area contributed by atoms with E-state index in [1.165, 1.54) is 0 Å². The molecule has 0 atom stereocenters. The molecule has 0 aliphatic rings. The molecule has 0 bridgehead atoms. The van der Waals surface area contributed by atoms with Gasteiger partial charge in [0, 0.05) is 21.8 Å². The van der Waals surface area contributed by atoms with E-state index >= 15 is 0 Å². The van der Waals surface area contributed by atoms with Crippen molar-refractivity contribution in [3.63, 3.8) is 0 Å². The van der Waals surface area contributed by atoms with E-state index in [0.717, 1.165) is 15.6 Å². The number of aromatic nitrogens is 1. The molecule has 2 N–H and O–H groups in total. The Hall–Kier alpha value is -2.66. The van der Waals surface area contributed by atoms with E-state index in [9.17, 15) is 4.79 Å². The Bertz CT molecular complexity index is 784. The summed E-state index contributed by atoms with van der Waals surface area (Å²) >= 11 is 3.31. The van der Waals surface area contributed by atoms with Gasteiger partial charge < -0.3 is 4.98 Å². The molecule has 0 unspecified atom stereocenters. The van der Waals surface area contributed by atoms with Gasteiger partial charge in [-0.05, 0) is 22.0 Å². The van der Waals surface area contributed by atoms with Gasteiger partial charge in [-0.2, -0.15) is 5.10 Å². The molecule has 3 rings (SSSR count). The minimum Gasteiger partial charge on any atom is -0.356 e. The Morgan fingerprint density at radius 2 is 1.52 bits per heavy atom. The number of aromatic amines is 1. The maximum atomic E-state index is 12.2. The second-order valence-electron chi connectivity index (χ2n) is 4.86. The number of carbonyl (C=O) groups excluding carboxylic acids is 1. The number of amides is 1. The fourth-order valence-electron chi connectivity index (χ4n) is 2.15. The highest BCUT2D eigenvalue weighted by molar-refractivity contribution is 9.10. The van der Waals surface area contributed by atoms with E-state index in [2.05, 4.69) is 31.4 Å². The van der Waals surface area contributed by atoms with Crippen LogP contribution in [0.15, 0.2) is 82.5 Å². The molecule has 3 aromatic rings. The average Bonchev–Trinajstić information content (AvgIpc) is 3.03. The van der Waals surface area contributed by atoms with Crippen LogP contribution in [-0.2, 0) is 0 Å². The Morgan fingerprint density at radius 3 is 2.00 bits per heavy atom. The summed E-state index contributed by atoms with van der Waals surface area (Å²) in [5.74, 6) is -0.292. The summed E-state index contributed by atoms with van der Waals surface area (Å²) in [7, 11) is 0. The molecular weight excluding hydrogens is 354 g/mol. The van der Waals surface area contributed by atoms with E-state index in [1.54, 1.807) is 12.3 Å². The zero-order valence-corrected chi connectivity index (χ0v) is 13.7. The molecule has 2 aromatic carbocycles. The van der Waals surface area contributed by atoms with Crippen LogP contribution in [-0.4, -0.2) is 16.6 Å². The highest BCUT2D eigenvalue weighted by atomic mass is 79.9. The molecule has 0 radical (unpaired) electrons. The van der Waals surface area contributed by atoms with Gasteiger partial charge in [0.05, 0.1) is 5.71 Å². The summed E-state index contributed by atoms with van der Waals surface area (Å²) in [5, 5.41) is 4.33. The summed E-state index contributed by atoms with van der Waals surface area (Å²) in [4.78, 5) is 15.0. The Morgan fingerprint density at radius 1 is 0.957 bits per heavy atom. The summed E-state index contributed by atoms with van der Waals surface area (Å²) < 4.78 is 0.818. The molecule has 23 heavy (non-hydrogen) atoms. The number of benzene rings is 2. The van der Waals surface area contributed by atoms with Crippen LogP contribution >= 0.6 is 15.9 Å². The maximum Gasteiger partial charge on any atom is 0.287 e. The number of nitrogens with one attached hydrogen (secondary N) is 2. The van der Waals surface area contributed by atoms with E-state index in [-0.39, 0.29) is 5.91 Å². The van der Waals surface area contributed by atoms with Crippen molar-refractivity contribution in [3.05, 3.63) is 94.2 Å². The third-order valence-electron chi connectivity index (χ3n) is 3.26. The first-order valence-corrected chi connectivity index (χ1v) is 7.86. The Kier molecular flexibility index (Phi) is 4.68. The van der Waals surface area contributed by atoms with Gasteiger partial charge in [0.15, 0.2) is 0 Å². The first-order chi connectivity index (χ1) is 11.2. The van der Waals surface area contributed by atoms with Crippen molar-refractivity contribution in [1.29, 1.82) is 0 Å². The molecule has 0 saturated heterocycles. The van der Waals surface area contributed by atoms with Crippen molar-refractivity contribution in [3.8, 4) is 0 Å².